The van der Waals surface area contributed by atoms with Crippen molar-refractivity contribution in [1.82, 2.24) is 28.8 Å². The van der Waals surface area contributed by atoms with Crippen molar-refractivity contribution in [2.45, 2.75) is 50.6 Å². The molecule has 10 nitrogen and oxygen atoms in total. The molecule has 1 aliphatic heterocycles. The molecule has 1 aliphatic carbocycles. The Balaban J connectivity index is 1.36. The second kappa shape index (κ2) is 7.25. The fourth-order valence-electron chi connectivity index (χ4n) is 3.83. The van der Waals surface area contributed by atoms with E-state index >= 15 is 0 Å². The van der Waals surface area contributed by atoms with E-state index in [0.717, 1.165) is 31.5 Å². The van der Waals surface area contributed by atoms with Crippen LogP contribution in [0, 0.1) is 0 Å². The zero-order valence-corrected chi connectivity index (χ0v) is 15.8. The molecule has 2 aliphatic rings. The lowest BCUT2D eigenvalue weighted by atomic mass is 9.95. The number of hydrogen-bond donors (Lipinski definition) is 1. The maximum atomic E-state index is 12.5. The number of rotatable bonds is 5. The summed E-state index contributed by atoms with van der Waals surface area (Å²) in [6.45, 7) is 1.45. The highest BCUT2D eigenvalue weighted by Crippen LogP contribution is 2.37. The smallest absolute Gasteiger partial charge is 0.343 e. The molecule has 1 N–H and O–H groups in total. The standard InChI is InChI=1S/C18H24N6O4/c1-21-18(28)24(13-2-3-13)16(20-21)12-4-8-22(9-5-12)15(26)7-11-23-10-6-14(25)19-17(23)27/h6,10,12-13H,2-5,7-9,11H2,1H3,(H,19,25,27). The summed E-state index contributed by atoms with van der Waals surface area (Å²) in [7, 11) is 1.68. The van der Waals surface area contributed by atoms with Crippen LogP contribution < -0.4 is 16.9 Å². The fourth-order valence-corrected chi connectivity index (χ4v) is 3.83. The Hall–Kier alpha value is -2.91. The summed E-state index contributed by atoms with van der Waals surface area (Å²) in [6.07, 6.45) is 5.20. The third-order valence-corrected chi connectivity index (χ3v) is 5.57. The van der Waals surface area contributed by atoms with E-state index in [1.54, 1.807) is 11.9 Å². The van der Waals surface area contributed by atoms with E-state index in [4.69, 9.17) is 0 Å². The number of aromatic amines is 1. The molecule has 2 aromatic heterocycles. The van der Waals surface area contributed by atoms with Crippen LogP contribution in [-0.4, -0.2) is 47.8 Å². The lowest BCUT2D eigenvalue weighted by molar-refractivity contribution is -0.132. The maximum Gasteiger partial charge on any atom is 0.345 e. The van der Waals surface area contributed by atoms with Crippen molar-refractivity contribution in [3.05, 3.63) is 49.4 Å². The lowest BCUT2D eigenvalue weighted by Crippen LogP contribution is -2.39. The molecule has 1 saturated heterocycles. The lowest BCUT2D eigenvalue weighted by Gasteiger charge is -2.31. The highest BCUT2D eigenvalue weighted by molar-refractivity contribution is 5.76. The van der Waals surface area contributed by atoms with Gasteiger partial charge in [0, 0.05) is 57.3 Å². The van der Waals surface area contributed by atoms with E-state index in [0.29, 0.717) is 13.1 Å². The van der Waals surface area contributed by atoms with Gasteiger partial charge in [0.1, 0.15) is 5.82 Å². The number of carbonyl (C=O) groups excluding carboxylic acids is 1. The molecular formula is C18H24N6O4. The predicted octanol–water partition coefficient (Wildman–Crippen LogP) is -0.437. The SMILES string of the molecule is Cn1nc(C2CCN(C(=O)CCn3ccc(=O)[nH]c3=O)CC2)n(C2CC2)c1=O. The number of hydrogen-bond acceptors (Lipinski definition) is 5. The molecule has 0 spiro atoms. The first-order valence-electron chi connectivity index (χ1n) is 9.67. The predicted molar refractivity (Wildman–Crippen MR) is 100 cm³/mol. The number of H-pyrrole nitrogens is 1. The van der Waals surface area contributed by atoms with E-state index in [1.165, 1.54) is 21.5 Å². The topological polar surface area (TPSA) is 115 Å². The summed E-state index contributed by atoms with van der Waals surface area (Å²) < 4.78 is 4.58. The van der Waals surface area contributed by atoms with Crippen molar-refractivity contribution in [3.63, 3.8) is 0 Å². The van der Waals surface area contributed by atoms with E-state index in [-0.39, 0.29) is 36.5 Å². The molecule has 0 radical (unpaired) electrons. The van der Waals surface area contributed by atoms with Crippen LogP contribution >= 0.6 is 0 Å². The number of carbonyl (C=O) groups is 1. The zero-order chi connectivity index (χ0) is 19.8. The van der Waals surface area contributed by atoms with Gasteiger partial charge in [-0.3, -0.25) is 19.1 Å². The molecule has 150 valence electrons. The Labute approximate surface area is 160 Å². The van der Waals surface area contributed by atoms with Gasteiger partial charge in [-0.05, 0) is 25.7 Å². The average Bonchev–Trinajstić information content (AvgIpc) is 3.47. The third-order valence-electron chi connectivity index (χ3n) is 5.57. The van der Waals surface area contributed by atoms with Crippen LogP contribution in [-0.2, 0) is 18.4 Å². The minimum absolute atomic E-state index is 0.0165. The Morgan fingerprint density at radius 2 is 1.89 bits per heavy atom. The number of aromatic nitrogens is 5. The Bertz CT molecular complexity index is 1050. The Kier molecular flexibility index (Phi) is 4.78. The van der Waals surface area contributed by atoms with Gasteiger partial charge in [-0.1, -0.05) is 0 Å². The van der Waals surface area contributed by atoms with Crippen LogP contribution in [0.3, 0.4) is 0 Å². The van der Waals surface area contributed by atoms with Gasteiger partial charge in [-0.15, -0.1) is 0 Å². The van der Waals surface area contributed by atoms with Crippen LogP contribution in [0.1, 0.15) is 49.9 Å². The molecule has 4 rings (SSSR count). The molecule has 1 saturated carbocycles. The zero-order valence-electron chi connectivity index (χ0n) is 15.8. The molecule has 0 atom stereocenters. The van der Waals surface area contributed by atoms with Gasteiger partial charge in [0.05, 0.1) is 0 Å². The molecule has 2 fully saturated rings. The first-order chi connectivity index (χ1) is 13.4. The summed E-state index contributed by atoms with van der Waals surface area (Å²) in [4.78, 5) is 51.6. The monoisotopic (exact) mass is 388 g/mol. The number of nitrogens with one attached hydrogen (secondary N) is 1. The molecule has 10 heteroatoms. The van der Waals surface area contributed by atoms with Crippen molar-refractivity contribution >= 4 is 5.91 Å². The summed E-state index contributed by atoms with van der Waals surface area (Å²) in [5.41, 5.74) is -1.01. The normalized spacial score (nSPS) is 17.8. The summed E-state index contributed by atoms with van der Waals surface area (Å²) in [6, 6.07) is 1.55. The van der Waals surface area contributed by atoms with Crippen molar-refractivity contribution in [2.24, 2.45) is 7.05 Å². The maximum absolute atomic E-state index is 12.5. The van der Waals surface area contributed by atoms with Gasteiger partial charge in [0.25, 0.3) is 5.56 Å². The van der Waals surface area contributed by atoms with E-state index in [2.05, 4.69) is 10.1 Å². The second-order valence-electron chi connectivity index (χ2n) is 7.57. The second-order valence-corrected chi connectivity index (χ2v) is 7.57. The Morgan fingerprint density at radius 3 is 2.54 bits per heavy atom. The Morgan fingerprint density at radius 1 is 1.18 bits per heavy atom. The molecule has 0 unspecified atom stereocenters. The number of aryl methyl sites for hydroxylation is 2. The third kappa shape index (κ3) is 3.58. The van der Waals surface area contributed by atoms with Crippen LogP contribution in [0.4, 0.5) is 0 Å². The molecule has 0 bridgehead atoms. The van der Waals surface area contributed by atoms with Crippen molar-refractivity contribution < 1.29 is 4.79 Å². The van der Waals surface area contributed by atoms with Gasteiger partial charge in [-0.2, -0.15) is 5.10 Å². The highest BCUT2D eigenvalue weighted by Gasteiger charge is 2.34. The number of likely N-dealkylation sites (tertiary alicyclic amines) is 1. The number of nitrogens with zero attached hydrogens (tertiary/aromatic N) is 5. The van der Waals surface area contributed by atoms with Gasteiger partial charge < -0.3 is 9.47 Å². The van der Waals surface area contributed by atoms with Crippen LogP contribution in [0.5, 0.6) is 0 Å². The minimum Gasteiger partial charge on any atom is -0.343 e. The fraction of sp³-hybridized carbons (Fsp3) is 0.611. The van der Waals surface area contributed by atoms with E-state index < -0.39 is 11.2 Å². The first kappa shape index (κ1) is 18.5. The largest absolute Gasteiger partial charge is 0.345 e. The van der Waals surface area contributed by atoms with E-state index in [9.17, 15) is 19.2 Å². The molecule has 1 amide bonds. The summed E-state index contributed by atoms with van der Waals surface area (Å²) >= 11 is 0. The summed E-state index contributed by atoms with van der Waals surface area (Å²) in [5, 5.41) is 4.45. The van der Waals surface area contributed by atoms with Crippen molar-refractivity contribution in [1.29, 1.82) is 0 Å². The van der Waals surface area contributed by atoms with E-state index in [1.807, 2.05) is 4.57 Å². The molecule has 2 aromatic rings. The minimum atomic E-state index is -0.507. The van der Waals surface area contributed by atoms with Crippen LogP contribution in [0.2, 0.25) is 0 Å². The molecule has 3 heterocycles. The van der Waals surface area contributed by atoms with Gasteiger partial charge in [0.2, 0.25) is 5.91 Å². The number of piperidine rings is 1. The van der Waals surface area contributed by atoms with Crippen molar-refractivity contribution in [2.75, 3.05) is 13.1 Å². The van der Waals surface area contributed by atoms with Gasteiger partial charge in [-0.25, -0.2) is 14.3 Å². The first-order valence-corrected chi connectivity index (χ1v) is 9.67. The molecule has 28 heavy (non-hydrogen) atoms. The van der Waals surface area contributed by atoms with Crippen LogP contribution in [0.25, 0.3) is 0 Å². The van der Waals surface area contributed by atoms with Crippen molar-refractivity contribution in [3.8, 4) is 0 Å². The van der Waals surface area contributed by atoms with Gasteiger partial charge in [0.15, 0.2) is 0 Å². The van der Waals surface area contributed by atoms with Crippen LogP contribution in [0.15, 0.2) is 26.6 Å². The molecule has 0 aromatic carbocycles. The summed E-state index contributed by atoms with van der Waals surface area (Å²) in [5.74, 6) is 1.01. The average molecular weight is 388 g/mol. The number of amides is 1. The molecular weight excluding hydrogens is 364 g/mol. The van der Waals surface area contributed by atoms with Gasteiger partial charge >= 0.3 is 11.4 Å². The quantitative estimate of drug-likeness (QED) is 0.746. The highest BCUT2D eigenvalue weighted by atomic mass is 16.2.